The fraction of sp³-hybridized carbons (Fsp3) is 0.727. The lowest BCUT2D eigenvalue weighted by Gasteiger charge is -2.34. The number of nitrogens with two attached hydrogens (primary N) is 1. The van der Waals surface area contributed by atoms with Crippen LogP contribution in [0.3, 0.4) is 0 Å². The number of anilines is 2. The number of hydrogen-bond acceptors (Lipinski definition) is 3. The van der Waals surface area contributed by atoms with Crippen molar-refractivity contribution in [3.05, 3.63) is 5.69 Å². The molecule has 18 heavy (non-hydrogen) atoms. The number of alkyl halides is 3. The largest absolute Gasteiger partial charge is 0.394 e. The van der Waals surface area contributed by atoms with E-state index in [1.807, 2.05) is 4.90 Å². The van der Waals surface area contributed by atoms with E-state index in [1.165, 1.54) is 0 Å². The van der Waals surface area contributed by atoms with Gasteiger partial charge in [0.15, 0.2) is 0 Å². The van der Waals surface area contributed by atoms with Crippen molar-refractivity contribution in [2.45, 2.75) is 25.9 Å². The normalized spacial score (nSPS) is 18.4. The molecule has 2 heterocycles. The summed E-state index contributed by atoms with van der Waals surface area (Å²) in [6.45, 7) is 2.53. The molecule has 1 saturated heterocycles. The monoisotopic (exact) mass is 262 g/mol. The van der Waals surface area contributed by atoms with Gasteiger partial charge in [0, 0.05) is 20.1 Å². The van der Waals surface area contributed by atoms with Gasteiger partial charge in [0.1, 0.15) is 5.82 Å². The van der Waals surface area contributed by atoms with Crippen molar-refractivity contribution in [3.63, 3.8) is 0 Å². The number of rotatable bonds is 1. The van der Waals surface area contributed by atoms with Crippen LogP contribution in [-0.2, 0) is 7.05 Å². The standard InChI is InChI=1S/C11H17F3N4/c1-7-9(15)10(17(2)16-7)18-5-3-8(4-6-18)11(12,13)14/h8H,3-6,15H2,1-2H3. The second-order valence-electron chi connectivity index (χ2n) is 4.75. The maximum atomic E-state index is 12.6. The lowest BCUT2D eigenvalue weighted by Crippen LogP contribution is -2.40. The van der Waals surface area contributed by atoms with Crippen molar-refractivity contribution < 1.29 is 13.2 Å². The van der Waals surface area contributed by atoms with Crippen LogP contribution in [0.2, 0.25) is 0 Å². The van der Waals surface area contributed by atoms with E-state index in [2.05, 4.69) is 5.10 Å². The highest BCUT2D eigenvalue weighted by molar-refractivity contribution is 5.66. The molecular weight excluding hydrogens is 245 g/mol. The smallest absolute Gasteiger partial charge is 0.391 e. The van der Waals surface area contributed by atoms with Crippen molar-refractivity contribution in [1.29, 1.82) is 0 Å². The molecule has 2 N–H and O–H groups in total. The Morgan fingerprint density at radius 3 is 2.22 bits per heavy atom. The summed E-state index contributed by atoms with van der Waals surface area (Å²) in [6.07, 6.45) is -3.85. The van der Waals surface area contributed by atoms with Gasteiger partial charge < -0.3 is 10.6 Å². The molecule has 0 amide bonds. The highest BCUT2D eigenvalue weighted by Gasteiger charge is 2.41. The van der Waals surface area contributed by atoms with Gasteiger partial charge in [0.25, 0.3) is 0 Å². The van der Waals surface area contributed by atoms with Gasteiger partial charge in [-0.2, -0.15) is 18.3 Å². The highest BCUT2D eigenvalue weighted by Crippen LogP contribution is 2.36. The Labute approximate surface area is 104 Å². The van der Waals surface area contributed by atoms with E-state index in [4.69, 9.17) is 5.73 Å². The molecule has 102 valence electrons. The highest BCUT2D eigenvalue weighted by atomic mass is 19.4. The van der Waals surface area contributed by atoms with Gasteiger partial charge in [-0.25, -0.2) is 0 Å². The minimum Gasteiger partial charge on any atom is -0.394 e. The van der Waals surface area contributed by atoms with E-state index >= 15 is 0 Å². The third-order valence-corrected chi connectivity index (χ3v) is 3.49. The summed E-state index contributed by atoms with van der Waals surface area (Å²) in [7, 11) is 1.76. The van der Waals surface area contributed by atoms with E-state index in [0.717, 1.165) is 5.82 Å². The molecule has 1 aliphatic heterocycles. The van der Waals surface area contributed by atoms with Gasteiger partial charge in [0.05, 0.1) is 17.3 Å². The molecule has 0 unspecified atom stereocenters. The fourth-order valence-corrected chi connectivity index (χ4v) is 2.46. The summed E-state index contributed by atoms with van der Waals surface area (Å²) >= 11 is 0. The third kappa shape index (κ3) is 2.26. The molecule has 0 aromatic carbocycles. The second-order valence-corrected chi connectivity index (χ2v) is 4.75. The molecule has 1 aliphatic rings. The second kappa shape index (κ2) is 4.37. The first-order valence-electron chi connectivity index (χ1n) is 5.91. The summed E-state index contributed by atoms with van der Waals surface area (Å²) in [5, 5.41) is 4.18. The van der Waals surface area contributed by atoms with Crippen LogP contribution in [0.4, 0.5) is 24.7 Å². The number of hydrogen-bond donors (Lipinski definition) is 1. The first-order valence-corrected chi connectivity index (χ1v) is 5.91. The van der Waals surface area contributed by atoms with Crippen LogP contribution in [0.25, 0.3) is 0 Å². The van der Waals surface area contributed by atoms with Crippen LogP contribution in [0.5, 0.6) is 0 Å². The van der Waals surface area contributed by atoms with Crippen LogP contribution >= 0.6 is 0 Å². The lowest BCUT2D eigenvalue weighted by molar-refractivity contribution is -0.179. The van der Waals surface area contributed by atoms with Gasteiger partial charge in [-0.05, 0) is 19.8 Å². The molecule has 0 aliphatic carbocycles. The van der Waals surface area contributed by atoms with Gasteiger partial charge in [-0.1, -0.05) is 0 Å². The third-order valence-electron chi connectivity index (χ3n) is 3.49. The molecule has 0 atom stereocenters. The summed E-state index contributed by atoms with van der Waals surface area (Å²) in [6, 6.07) is 0. The van der Waals surface area contributed by atoms with Crippen molar-refractivity contribution >= 4 is 11.5 Å². The number of aromatic nitrogens is 2. The molecule has 4 nitrogen and oxygen atoms in total. The summed E-state index contributed by atoms with van der Waals surface area (Å²) in [5.74, 6) is -0.461. The zero-order chi connectivity index (χ0) is 13.5. The minimum absolute atomic E-state index is 0.118. The van der Waals surface area contributed by atoms with Crippen LogP contribution in [0, 0.1) is 12.8 Å². The van der Waals surface area contributed by atoms with Gasteiger partial charge >= 0.3 is 6.18 Å². The summed E-state index contributed by atoms with van der Waals surface area (Å²) < 4.78 is 39.4. The molecule has 1 aromatic heterocycles. The van der Waals surface area contributed by atoms with Gasteiger partial charge in [-0.15, -0.1) is 0 Å². The van der Waals surface area contributed by atoms with E-state index in [-0.39, 0.29) is 12.8 Å². The van der Waals surface area contributed by atoms with Gasteiger partial charge in [-0.3, -0.25) is 4.68 Å². The number of piperidine rings is 1. The molecule has 1 aromatic rings. The molecule has 0 saturated carbocycles. The maximum absolute atomic E-state index is 12.6. The number of nitrogen functional groups attached to an aromatic ring is 1. The first kappa shape index (κ1) is 13.0. The van der Waals surface area contributed by atoms with E-state index in [0.29, 0.717) is 24.5 Å². The fourth-order valence-electron chi connectivity index (χ4n) is 2.46. The Kier molecular flexibility index (Phi) is 3.16. The van der Waals surface area contributed by atoms with Crippen LogP contribution < -0.4 is 10.6 Å². The van der Waals surface area contributed by atoms with Crippen LogP contribution in [0.1, 0.15) is 18.5 Å². The predicted octanol–water partition coefficient (Wildman–Crippen LogP) is 2.09. The van der Waals surface area contributed by atoms with Crippen molar-refractivity contribution in [3.8, 4) is 0 Å². The minimum atomic E-state index is -4.08. The van der Waals surface area contributed by atoms with Crippen molar-refractivity contribution in [1.82, 2.24) is 9.78 Å². The Morgan fingerprint density at radius 2 is 1.83 bits per heavy atom. The number of halogens is 3. The first-order chi connectivity index (χ1) is 8.30. The Hall–Kier alpha value is -1.40. The molecule has 1 fully saturated rings. The van der Waals surface area contributed by atoms with E-state index < -0.39 is 12.1 Å². The topological polar surface area (TPSA) is 47.1 Å². The zero-order valence-corrected chi connectivity index (χ0v) is 10.5. The summed E-state index contributed by atoms with van der Waals surface area (Å²) in [4.78, 5) is 1.89. The predicted molar refractivity (Wildman–Crippen MR) is 63.3 cm³/mol. The average Bonchev–Trinajstić information content (AvgIpc) is 2.52. The quantitative estimate of drug-likeness (QED) is 0.843. The average molecular weight is 262 g/mol. The maximum Gasteiger partial charge on any atom is 0.391 e. The molecule has 7 heteroatoms. The Balaban J connectivity index is 2.10. The lowest BCUT2D eigenvalue weighted by atomic mass is 9.96. The number of aryl methyl sites for hydroxylation is 2. The van der Waals surface area contributed by atoms with E-state index in [9.17, 15) is 13.2 Å². The van der Waals surface area contributed by atoms with Crippen LogP contribution in [-0.4, -0.2) is 29.0 Å². The molecule has 2 rings (SSSR count). The van der Waals surface area contributed by atoms with Crippen molar-refractivity contribution in [2.75, 3.05) is 23.7 Å². The SMILES string of the molecule is Cc1nn(C)c(N2CCC(C(F)(F)F)CC2)c1N. The molecular formula is C11H17F3N4. The Morgan fingerprint density at radius 1 is 1.28 bits per heavy atom. The molecule has 0 spiro atoms. The van der Waals surface area contributed by atoms with E-state index in [1.54, 1.807) is 18.7 Å². The number of nitrogens with zero attached hydrogens (tertiary/aromatic N) is 3. The zero-order valence-electron chi connectivity index (χ0n) is 10.5. The van der Waals surface area contributed by atoms with Gasteiger partial charge in [0.2, 0.25) is 0 Å². The Bertz CT molecular complexity index is 430. The van der Waals surface area contributed by atoms with Crippen molar-refractivity contribution in [2.24, 2.45) is 13.0 Å². The molecule has 0 radical (unpaired) electrons. The molecule has 0 bridgehead atoms. The van der Waals surface area contributed by atoms with Crippen LogP contribution in [0.15, 0.2) is 0 Å². The summed E-state index contributed by atoms with van der Waals surface area (Å²) in [5.41, 5.74) is 7.18.